The van der Waals surface area contributed by atoms with Crippen LogP contribution in [-0.2, 0) is 16.1 Å². The zero-order chi connectivity index (χ0) is 13.4. The van der Waals surface area contributed by atoms with Crippen LogP contribution in [0.2, 0.25) is 0 Å². The van der Waals surface area contributed by atoms with Crippen molar-refractivity contribution in [3.05, 3.63) is 19.0 Å². The van der Waals surface area contributed by atoms with Crippen molar-refractivity contribution in [1.29, 1.82) is 0 Å². The fraction of sp³-hybridized carbons (Fsp3) is 0.400. The van der Waals surface area contributed by atoms with Gasteiger partial charge in [-0.2, -0.15) is 0 Å². The number of carbonyl (C=O) groups is 2. The third kappa shape index (κ3) is 4.58. The Morgan fingerprint density at radius 3 is 3.11 bits per heavy atom. The molecule has 0 saturated heterocycles. The molecule has 0 aliphatic carbocycles. The van der Waals surface area contributed by atoms with Crippen molar-refractivity contribution >= 4 is 23.8 Å². The van der Waals surface area contributed by atoms with Gasteiger partial charge in [0.25, 0.3) is 0 Å². The summed E-state index contributed by atoms with van der Waals surface area (Å²) in [5.74, 6) is -0.374. The number of thioether (sulfide) groups is 1. The first-order valence-corrected chi connectivity index (χ1v) is 6.24. The van der Waals surface area contributed by atoms with Gasteiger partial charge in [0.1, 0.15) is 6.33 Å². The first-order chi connectivity index (χ1) is 8.67. The van der Waals surface area contributed by atoms with Gasteiger partial charge in [-0.1, -0.05) is 17.8 Å². The van der Waals surface area contributed by atoms with Gasteiger partial charge in [-0.15, -0.1) is 16.8 Å². The molecule has 18 heavy (non-hydrogen) atoms. The summed E-state index contributed by atoms with van der Waals surface area (Å²) in [6, 6.07) is 0. The van der Waals surface area contributed by atoms with Gasteiger partial charge in [-0.25, -0.2) is 4.79 Å². The van der Waals surface area contributed by atoms with Gasteiger partial charge < -0.3 is 9.30 Å². The van der Waals surface area contributed by atoms with Crippen molar-refractivity contribution in [1.82, 2.24) is 20.1 Å². The van der Waals surface area contributed by atoms with Gasteiger partial charge >= 0.3 is 6.09 Å². The second-order valence-electron chi connectivity index (χ2n) is 3.11. The molecule has 1 N–H and O–H groups in total. The molecule has 2 amide bonds. The van der Waals surface area contributed by atoms with E-state index < -0.39 is 12.0 Å². The van der Waals surface area contributed by atoms with E-state index in [4.69, 9.17) is 0 Å². The number of imide groups is 1. The zero-order valence-electron chi connectivity index (χ0n) is 9.96. The number of hydrogen-bond donors (Lipinski definition) is 1. The van der Waals surface area contributed by atoms with Crippen LogP contribution in [-0.4, -0.2) is 39.1 Å². The van der Waals surface area contributed by atoms with Gasteiger partial charge in [-0.3, -0.25) is 10.1 Å². The molecule has 1 aromatic heterocycles. The lowest BCUT2D eigenvalue weighted by molar-refractivity contribution is -0.117. The molecular weight excluding hydrogens is 256 g/mol. The fourth-order valence-corrected chi connectivity index (χ4v) is 1.79. The molecule has 0 aliphatic heterocycles. The lowest BCUT2D eigenvalue weighted by Gasteiger charge is -2.04. The third-order valence-electron chi connectivity index (χ3n) is 1.76. The van der Waals surface area contributed by atoms with Gasteiger partial charge in [0.05, 0.1) is 12.4 Å². The van der Waals surface area contributed by atoms with Crippen LogP contribution in [0.15, 0.2) is 24.1 Å². The smallest absolute Gasteiger partial charge is 0.413 e. The molecule has 0 saturated carbocycles. The summed E-state index contributed by atoms with van der Waals surface area (Å²) in [4.78, 5) is 22.4. The SMILES string of the molecule is C=CCn1cnnc1SCC(=O)NC(=O)OCC. The lowest BCUT2D eigenvalue weighted by atomic mass is 10.6. The molecule has 0 atom stereocenters. The van der Waals surface area contributed by atoms with Crippen LogP contribution in [0.4, 0.5) is 4.79 Å². The highest BCUT2D eigenvalue weighted by Gasteiger charge is 2.11. The molecule has 1 heterocycles. The van der Waals surface area contributed by atoms with Crippen molar-refractivity contribution in [3.63, 3.8) is 0 Å². The van der Waals surface area contributed by atoms with Crippen LogP contribution in [0, 0.1) is 0 Å². The van der Waals surface area contributed by atoms with E-state index in [1.54, 1.807) is 23.9 Å². The third-order valence-corrected chi connectivity index (χ3v) is 2.74. The molecule has 98 valence electrons. The minimum atomic E-state index is -0.740. The predicted molar refractivity (Wildman–Crippen MR) is 66.1 cm³/mol. The van der Waals surface area contributed by atoms with E-state index in [0.717, 1.165) is 0 Å². The van der Waals surface area contributed by atoms with E-state index in [9.17, 15) is 9.59 Å². The van der Waals surface area contributed by atoms with Crippen LogP contribution >= 0.6 is 11.8 Å². The zero-order valence-corrected chi connectivity index (χ0v) is 10.8. The molecule has 0 radical (unpaired) electrons. The molecule has 1 rings (SSSR count). The van der Waals surface area contributed by atoms with Crippen molar-refractivity contribution in [2.24, 2.45) is 0 Å². The predicted octanol–water partition coefficient (Wildman–Crippen LogP) is 0.829. The number of rotatable bonds is 6. The van der Waals surface area contributed by atoms with Crippen molar-refractivity contribution in [2.45, 2.75) is 18.6 Å². The first kappa shape index (κ1) is 14.2. The molecule has 8 heteroatoms. The summed E-state index contributed by atoms with van der Waals surface area (Å²) >= 11 is 1.18. The Morgan fingerprint density at radius 1 is 1.67 bits per heavy atom. The number of allylic oxidation sites excluding steroid dienone is 1. The minimum Gasteiger partial charge on any atom is -0.450 e. The molecule has 7 nitrogen and oxygen atoms in total. The van der Waals surface area contributed by atoms with E-state index in [-0.39, 0.29) is 12.4 Å². The van der Waals surface area contributed by atoms with E-state index >= 15 is 0 Å². The standard InChI is InChI=1S/C10H14N4O3S/c1-3-5-14-7-11-13-9(14)18-6-8(15)12-10(16)17-4-2/h3,7H,1,4-6H2,2H3,(H,12,15,16). The molecule has 0 spiro atoms. The van der Waals surface area contributed by atoms with Crippen LogP contribution in [0.1, 0.15) is 6.92 Å². The quantitative estimate of drug-likeness (QED) is 0.608. The molecule has 0 aromatic carbocycles. The van der Waals surface area contributed by atoms with E-state index in [1.165, 1.54) is 11.8 Å². The van der Waals surface area contributed by atoms with E-state index in [2.05, 4.69) is 26.8 Å². The fourth-order valence-electron chi connectivity index (χ4n) is 1.07. The monoisotopic (exact) mass is 270 g/mol. The molecule has 0 fully saturated rings. The Bertz CT molecular complexity index is 433. The number of nitrogens with one attached hydrogen (secondary N) is 1. The Hall–Kier alpha value is -1.83. The molecule has 0 bridgehead atoms. The molecule has 1 aromatic rings. The average Bonchev–Trinajstić information content (AvgIpc) is 2.75. The van der Waals surface area contributed by atoms with Crippen LogP contribution in [0.3, 0.4) is 0 Å². The number of aromatic nitrogens is 3. The Balaban J connectivity index is 2.40. The maximum absolute atomic E-state index is 11.4. The number of alkyl carbamates (subject to hydrolysis) is 1. The van der Waals surface area contributed by atoms with Gasteiger partial charge in [-0.05, 0) is 6.92 Å². The van der Waals surface area contributed by atoms with E-state index in [0.29, 0.717) is 11.7 Å². The highest BCUT2D eigenvalue weighted by atomic mass is 32.2. The molecular formula is C10H14N4O3S. The Kier molecular flexibility index (Phi) is 5.92. The number of hydrogen-bond acceptors (Lipinski definition) is 6. The average molecular weight is 270 g/mol. The van der Waals surface area contributed by atoms with Crippen molar-refractivity contribution in [2.75, 3.05) is 12.4 Å². The van der Waals surface area contributed by atoms with E-state index in [1.807, 2.05) is 0 Å². The number of nitrogens with zero attached hydrogens (tertiary/aromatic N) is 3. The Labute approximate surface area is 109 Å². The number of carbonyl (C=O) groups excluding carboxylic acids is 2. The van der Waals surface area contributed by atoms with Gasteiger partial charge in [0.2, 0.25) is 5.91 Å². The minimum absolute atomic E-state index is 0.0641. The second kappa shape index (κ2) is 7.49. The highest BCUT2D eigenvalue weighted by Crippen LogP contribution is 2.13. The summed E-state index contributed by atoms with van der Waals surface area (Å²) in [6.07, 6.45) is 2.51. The van der Waals surface area contributed by atoms with Crippen molar-refractivity contribution < 1.29 is 14.3 Å². The summed E-state index contributed by atoms with van der Waals surface area (Å²) < 4.78 is 6.33. The van der Waals surface area contributed by atoms with Crippen molar-refractivity contribution in [3.8, 4) is 0 Å². The number of amides is 2. The largest absolute Gasteiger partial charge is 0.450 e. The topological polar surface area (TPSA) is 86.1 Å². The lowest BCUT2D eigenvalue weighted by Crippen LogP contribution is -2.32. The highest BCUT2D eigenvalue weighted by molar-refractivity contribution is 7.99. The molecule has 0 aliphatic rings. The second-order valence-corrected chi connectivity index (χ2v) is 4.05. The summed E-state index contributed by atoms with van der Waals surface area (Å²) in [5.41, 5.74) is 0. The maximum atomic E-state index is 11.4. The van der Waals surface area contributed by atoms with Crippen LogP contribution < -0.4 is 5.32 Å². The maximum Gasteiger partial charge on any atom is 0.413 e. The molecule has 0 unspecified atom stereocenters. The summed E-state index contributed by atoms with van der Waals surface area (Å²) in [5, 5.41) is 10.3. The normalized spacial score (nSPS) is 9.83. The van der Waals surface area contributed by atoms with Gasteiger partial charge in [0.15, 0.2) is 5.16 Å². The Morgan fingerprint density at radius 2 is 2.44 bits per heavy atom. The number of ether oxygens (including phenoxy) is 1. The van der Waals surface area contributed by atoms with Crippen LogP contribution in [0.5, 0.6) is 0 Å². The summed E-state index contributed by atoms with van der Waals surface area (Å²) in [6.45, 7) is 6.06. The van der Waals surface area contributed by atoms with Crippen LogP contribution in [0.25, 0.3) is 0 Å². The summed E-state index contributed by atoms with van der Waals surface area (Å²) in [7, 11) is 0. The van der Waals surface area contributed by atoms with Gasteiger partial charge in [0, 0.05) is 6.54 Å². The first-order valence-electron chi connectivity index (χ1n) is 5.25.